The Hall–Kier alpha value is -1.58. The van der Waals surface area contributed by atoms with Crippen LogP contribution in [0.1, 0.15) is 45.1 Å². The topological polar surface area (TPSA) is 63.3 Å². The number of para-hydroxylation sites is 1. The van der Waals surface area contributed by atoms with Gasteiger partial charge in [-0.05, 0) is 29.9 Å². The summed E-state index contributed by atoms with van der Waals surface area (Å²) in [6.07, 6.45) is 1.19. The van der Waals surface area contributed by atoms with E-state index in [4.69, 9.17) is 5.73 Å². The molecule has 0 aliphatic rings. The summed E-state index contributed by atoms with van der Waals surface area (Å²) in [6.45, 7) is 6.13. The van der Waals surface area contributed by atoms with E-state index in [1.165, 1.54) is 12.1 Å². The van der Waals surface area contributed by atoms with Crippen LogP contribution in [0, 0.1) is 11.2 Å². The van der Waals surface area contributed by atoms with Crippen LogP contribution in [-0.4, -0.2) is 11.1 Å². The third-order valence-corrected chi connectivity index (χ3v) is 2.94. The van der Waals surface area contributed by atoms with Crippen molar-refractivity contribution >= 4 is 11.7 Å². The molecule has 0 saturated carbocycles. The molecule has 0 heterocycles. The largest absolute Gasteiger partial charge is 0.481 e. The number of nitrogen functional groups attached to an aromatic ring is 1. The number of benzene rings is 1. The summed E-state index contributed by atoms with van der Waals surface area (Å²) in [7, 11) is 0. The Morgan fingerprint density at radius 3 is 2.56 bits per heavy atom. The van der Waals surface area contributed by atoms with Crippen molar-refractivity contribution < 1.29 is 14.3 Å². The van der Waals surface area contributed by atoms with E-state index in [2.05, 4.69) is 0 Å². The van der Waals surface area contributed by atoms with Crippen molar-refractivity contribution in [3.05, 3.63) is 29.6 Å². The van der Waals surface area contributed by atoms with Gasteiger partial charge in [0.15, 0.2) is 0 Å². The Morgan fingerprint density at radius 1 is 1.44 bits per heavy atom. The van der Waals surface area contributed by atoms with Gasteiger partial charge in [0.2, 0.25) is 0 Å². The second-order valence-electron chi connectivity index (χ2n) is 5.73. The molecule has 3 nitrogen and oxygen atoms in total. The predicted molar refractivity (Wildman–Crippen MR) is 69.9 cm³/mol. The first-order valence-electron chi connectivity index (χ1n) is 5.99. The second kappa shape index (κ2) is 5.38. The molecule has 1 aromatic carbocycles. The quantitative estimate of drug-likeness (QED) is 0.808. The summed E-state index contributed by atoms with van der Waals surface area (Å²) >= 11 is 0. The Balaban J connectivity index is 2.99. The summed E-state index contributed by atoms with van der Waals surface area (Å²) in [6, 6.07) is 4.31. The van der Waals surface area contributed by atoms with E-state index in [1.807, 2.05) is 20.8 Å². The van der Waals surface area contributed by atoms with Gasteiger partial charge in [-0.25, -0.2) is 4.39 Å². The van der Waals surface area contributed by atoms with Gasteiger partial charge in [-0.15, -0.1) is 0 Å². The Morgan fingerprint density at radius 2 is 2.06 bits per heavy atom. The third kappa shape index (κ3) is 3.72. The van der Waals surface area contributed by atoms with E-state index < -0.39 is 17.7 Å². The fourth-order valence-corrected chi connectivity index (χ4v) is 1.85. The number of carboxylic acid groups (broad SMARTS) is 1. The predicted octanol–water partition coefficient (Wildman–Crippen LogP) is 3.40. The number of hydrogen-bond acceptors (Lipinski definition) is 2. The Kier molecular flexibility index (Phi) is 4.33. The molecule has 18 heavy (non-hydrogen) atoms. The molecular weight excluding hydrogens is 233 g/mol. The van der Waals surface area contributed by atoms with Crippen LogP contribution in [0.2, 0.25) is 0 Å². The van der Waals surface area contributed by atoms with Gasteiger partial charge in [-0.1, -0.05) is 32.9 Å². The van der Waals surface area contributed by atoms with E-state index in [0.29, 0.717) is 12.0 Å². The lowest BCUT2D eigenvalue weighted by Crippen LogP contribution is -2.17. The summed E-state index contributed by atoms with van der Waals surface area (Å²) in [5.41, 5.74) is 5.97. The first-order chi connectivity index (χ1) is 8.22. The van der Waals surface area contributed by atoms with Gasteiger partial charge < -0.3 is 10.8 Å². The normalized spacial score (nSPS) is 13.3. The molecule has 1 aromatic rings. The van der Waals surface area contributed by atoms with Crippen LogP contribution >= 0.6 is 0 Å². The first-order valence-corrected chi connectivity index (χ1v) is 5.99. The minimum Gasteiger partial charge on any atom is -0.481 e. The van der Waals surface area contributed by atoms with E-state index >= 15 is 0 Å². The average molecular weight is 253 g/mol. The maximum Gasteiger partial charge on any atom is 0.311 e. The Labute approximate surface area is 107 Å². The molecular formula is C14H20FNO2. The van der Waals surface area contributed by atoms with Crippen molar-refractivity contribution in [1.29, 1.82) is 0 Å². The lowest BCUT2D eigenvalue weighted by atomic mass is 9.84. The van der Waals surface area contributed by atoms with E-state index in [0.717, 1.165) is 6.42 Å². The molecule has 0 aromatic heterocycles. The van der Waals surface area contributed by atoms with E-state index in [1.54, 1.807) is 6.07 Å². The molecule has 0 saturated heterocycles. The highest BCUT2D eigenvalue weighted by atomic mass is 19.1. The number of nitrogens with two attached hydrogens (primary N) is 1. The van der Waals surface area contributed by atoms with E-state index in [9.17, 15) is 14.3 Å². The summed E-state index contributed by atoms with van der Waals surface area (Å²) in [5, 5.41) is 9.26. The highest BCUT2D eigenvalue weighted by molar-refractivity contribution is 5.78. The van der Waals surface area contributed by atoms with Crippen LogP contribution in [0.15, 0.2) is 18.2 Å². The molecule has 0 spiro atoms. The van der Waals surface area contributed by atoms with Crippen LogP contribution in [0.5, 0.6) is 0 Å². The maximum absolute atomic E-state index is 13.4. The van der Waals surface area contributed by atoms with Crippen molar-refractivity contribution in [2.45, 2.75) is 39.5 Å². The van der Waals surface area contributed by atoms with Gasteiger partial charge in [0.25, 0.3) is 0 Å². The molecule has 0 amide bonds. The molecule has 100 valence electrons. The number of aliphatic carboxylic acids is 1. The fraction of sp³-hybridized carbons (Fsp3) is 0.500. The standard InChI is InChI=1S/C14H20FNO2/c1-14(2,3)8-7-10(13(17)18)9-5-4-6-11(15)12(9)16/h4-6,10H,7-8,16H2,1-3H3,(H,17,18). The van der Waals surface area contributed by atoms with Crippen LogP contribution in [-0.2, 0) is 4.79 Å². The van der Waals surface area contributed by atoms with Crippen molar-refractivity contribution in [2.24, 2.45) is 5.41 Å². The highest BCUT2D eigenvalue weighted by Crippen LogP contribution is 2.32. The third-order valence-electron chi connectivity index (χ3n) is 2.94. The summed E-state index contributed by atoms with van der Waals surface area (Å²) in [4.78, 5) is 11.3. The van der Waals surface area contributed by atoms with Crippen molar-refractivity contribution in [3.63, 3.8) is 0 Å². The van der Waals surface area contributed by atoms with Crippen molar-refractivity contribution in [3.8, 4) is 0 Å². The Bertz CT molecular complexity index is 438. The number of carbonyl (C=O) groups is 1. The number of anilines is 1. The molecule has 0 aliphatic carbocycles. The van der Waals surface area contributed by atoms with Crippen molar-refractivity contribution in [1.82, 2.24) is 0 Å². The average Bonchev–Trinajstić information content (AvgIpc) is 2.22. The molecule has 1 atom stereocenters. The van der Waals surface area contributed by atoms with Crippen LogP contribution in [0.4, 0.5) is 10.1 Å². The molecule has 3 N–H and O–H groups in total. The van der Waals surface area contributed by atoms with Gasteiger partial charge in [0.1, 0.15) is 5.82 Å². The summed E-state index contributed by atoms with van der Waals surface area (Å²) in [5.74, 6) is -2.27. The molecule has 0 fully saturated rings. The van der Waals surface area contributed by atoms with E-state index in [-0.39, 0.29) is 11.1 Å². The van der Waals surface area contributed by atoms with Crippen molar-refractivity contribution in [2.75, 3.05) is 5.73 Å². The zero-order chi connectivity index (χ0) is 13.9. The zero-order valence-corrected chi connectivity index (χ0v) is 11.0. The molecule has 0 aliphatic heterocycles. The SMILES string of the molecule is CC(C)(C)CCC(C(=O)O)c1cccc(F)c1N. The molecule has 1 unspecified atom stereocenters. The van der Waals surface area contributed by atoms with Gasteiger partial charge >= 0.3 is 5.97 Å². The van der Waals surface area contributed by atoms with Gasteiger partial charge in [0, 0.05) is 0 Å². The maximum atomic E-state index is 13.4. The lowest BCUT2D eigenvalue weighted by Gasteiger charge is -2.22. The number of hydrogen-bond donors (Lipinski definition) is 2. The number of carboxylic acids is 1. The minimum absolute atomic E-state index is 0.0375. The molecule has 4 heteroatoms. The fourth-order valence-electron chi connectivity index (χ4n) is 1.85. The van der Waals surface area contributed by atoms with Gasteiger partial charge in [0.05, 0.1) is 11.6 Å². The second-order valence-corrected chi connectivity index (χ2v) is 5.73. The molecule has 0 radical (unpaired) electrons. The van der Waals surface area contributed by atoms with Gasteiger partial charge in [-0.3, -0.25) is 4.79 Å². The first kappa shape index (κ1) is 14.5. The minimum atomic E-state index is -0.962. The van der Waals surface area contributed by atoms with Crippen LogP contribution in [0.25, 0.3) is 0 Å². The highest BCUT2D eigenvalue weighted by Gasteiger charge is 2.25. The van der Waals surface area contributed by atoms with Gasteiger partial charge in [-0.2, -0.15) is 0 Å². The van der Waals surface area contributed by atoms with Crippen LogP contribution in [0.3, 0.4) is 0 Å². The number of rotatable bonds is 4. The monoisotopic (exact) mass is 253 g/mol. The van der Waals surface area contributed by atoms with Crippen LogP contribution < -0.4 is 5.73 Å². The lowest BCUT2D eigenvalue weighted by molar-refractivity contribution is -0.139. The zero-order valence-electron chi connectivity index (χ0n) is 11.0. The smallest absolute Gasteiger partial charge is 0.311 e. The summed E-state index contributed by atoms with van der Waals surface area (Å²) < 4.78 is 13.4. The molecule has 0 bridgehead atoms. The number of halogens is 1. The molecule has 1 rings (SSSR count).